The number of hydroxylamine groups is 1. The Hall–Kier alpha value is -3.54. The second-order valence-corrected chi connectivity index (χ2v) is 9.05. The lowest BCUT2D eigenvalue weighted by Crippen LogP contribution is -2.64. The molecule has 0 bridgehead atoms. The minimum Gasteiger partial charge on any atom is -0.465 e. The van der Waals surface area contributed by atoms with Crippen molar-refractivity contribution < 1.29 is 34.2 Å². The first-order valence-corrected chi connectivity index (χ1v) is 11.9. The first-order chi connectivity index (χ1) is 16.9. The minimum absolute atomic E-state index is 0.0733. The van der Waals surface area contributed by atoms with Gasteiger partial charge < -0.3 is 24.5 Å². The van der Waals surface area contributed by atoms with Crippen molar-refractivity contribution >= 4 is 29.7 Å². The molecule has 1 aromatic rings. The number of para-hydroxylation sites is 1. The molecular formula is C23H31N5O7. The molecule has 3 aliphatic heterocycles. The van der Waals surface area contributed by atoms with Crippen molar-refractivity contribution in [3.8, 4) is 0 Å². The molecule has 190 valence electrons. The Morgan fingerprint density at radius 2 is 1.57 bits per heavy atom. The molecular weight excluding hydrogens is 458 g/mol. The molecule has 3 fully saturated rings. The molecule has 0 saturated carbocycles. The van der Waals surface area contributed by atoms with E-state index >= 15 is 0 Å². The second-order valence-electron chi connectivity index (χ2n) is 9.05. The molecule has 0 radical (unpaired) electrons. The van der Waals surface area contributed by atoms with Crippen LogP contribution in [0.15, 0.2) is 30.3 Å². The first-order valence-electron chi connectivity index (χ1n) is 11.9. The van der Waals surface area contributed by atoms with Crippen LogP contribution in [0.1, 0.15) is 19.3 Å². The molecule has 0 spiro atoms. The van der Waals surface area contributed by atoms with E-state index < -0.39 is 42.1 Å². The van der Waals surface area contributed by atoms with Gasteiger partial charge in [0.2, 0.25) is 11.8 Å². The Balaban J connectivity index is 1.47. The molecule has 0 aromatic heterocycles. The molecule has 1 aromatic carbocycles. The maximum Gasteiger partial charge on any atom is 0.410 e. The van der Waals surface area contributed by atoms with Gasteiger partial charge in [-0.05, 0) is 25.0 Å². The number of carbonyl (C=O) groups is 4. The lowest BCUT2D eigenvalue weighted by atomic mass is 9.86. The zero-order valence-electron chi connectivity index (χ0n) is 19.4. The van der Waals surface area contributed by atoms with Gasteiger partial charge >= 0.3 is 12.2 Å². The number of piperazine rings is 1. The van der Waals surface area contributed by atoms with Crippen LogP contribution in [0.3, 0.4) is 0 Å². The summed E-state index contributed by atoms with van der Waals surface area (Å²) in [4.78, 5) is 56.7. The van der Waals surface area contributed by atoms with Gasteiger partial charge in [-0.1, -0.05) is 18.2 Å². The van der Waals surface area contributed by atoms with Gasteiger partial charge in [0.15, 0.2) is 0 Å². The summed E-state index contributed by atoms with van der Waals surface area (Å²) in [6.07, 6.45) is -1.22. The lowest BCUT2D eigenvalue weighted by Gasteiger charge is -2.44. The summed E-state index contributed by atoms with van der Waals surface area (Å²) in [6.45, 7) is 2.72. The zero-order valence-corrected chi connectivity index (χ0v) is 19.4. The summed E-state index contributed by atoms with van der Waals surface area (Å²) in [6, 6.07) is 8.43. The Labute approximate surface area is 203 Å². The van der Waals surface area contributed by atoms with Crippen molar-refractivity contribution in [1.29, 1.82) is 0 Å². The summed E-state index contributed by atoms with van der Waals surface area (Å²) in [7, 11) is 0. The monoisotopic (exact) mass is 489 g/mol. The number of piperidine rings is 1. The van der Waals surface area contributed by atoms with Crippen LogP contribution in [0.25, 0.3) is 0 Å². The van der Waals surface area contributed by atoms with E-state index in [0.717, 1.165) is 23.4 Å². The van der Waals surface area contributed by atoms with E-state index in [2.05, 4.69) is 4.90 Å². The van der Waals surface area contributed by atoms with Crippen LogP contribution in [-0.2, 0) is 14.3 Å². The normalized spacial score (nSPS) is 24.8. The number of rotatable bonds is 4. The number of benzene rings is 1. The quantitative estimate of drug-likeness (QED) is 0.417. The van der Waals surface area contributed by atoms with E-state index in [-0.39, 0.29) is 13.0 Å². The van der Waals surface area contributed by atoms with Crippen LogP contribution in [0.5, 0.6) is 0 Å². The van der Waals surface area contributed by atoms with Crippen LogP contribution >= 0.6 is 0 Å². The Morgan fingerprint density at radius 3 is 2.17 bits per heavy atom. The molecule has 3 saturated heterocycles. The van der Waals surface area contributed by atoms with E-state index in [1.807, 2.05) is 30.3 Å². The highest BCUT2D eigenvalue weighted by Crippen LogP contribution is 2.29. The summed E-state index contributed by atoms with van der Waals surface area (Å²) >= 11 is 0. The van der Waals surface area contributed by atoms with Crippen LogP contribution in [0.2, 0.25) is 0 Å². The Kier molecular flexibility index (Phi) is 7.59. The van der Waals surface area contributed by atoms with E-state index in [9.17, 15) is 29.5 Å². The van der Waals surface area contributed by atoms with Crippen LogP contribution in [-0.4, -0.2) is 107 Å². The van der Waals surface area contributed by atoms with E-state index in [1.165, 1.54) is 4.90 Å². The number of ether oxygens (including phenoxy) is 1. The van der Waals surface area contributed by atoms with Crippen LogP contribution < -0.4 is 10.4 Å². The average molecular weight is 490 g/mol. The third kappa shape index (κ3) is 5.42. The number of hydrogen-bond donors (Lipinski definition) is 3. The van der Waals surface area contributed by atoms with Crippen molar-refractivity contribution in [3.05, 3.63) is 30.3 Å². The smallest absolute Gasteiger partial charge is 0.410 e. The molecule has 0 aliphatic carbocycles. The number of nitrogens with one attached hydrogen (secondary N) is 1. The number of amides is 4. The summed E-state index contributed by atoms with van der Waals surface area (Å²) in [5, 5.41) is 19.2. The molecule has 1 unspecified atom stereocenters. The second kappa shape index (κ2) is 10.8. The molecule has 3 heterocycles. The Bertz CT molecular complexity index is 931. The van der Waals surface area contributed by atoms with Crippen molar-refractivity contribution in [2.75, 3.05) is 50.7 Å². The summed E-state index contributed by atoms with van der Waals surface area (Å²) < 4.78 is 5.51. The maximum atomic E-state index is 13.5. The van der Waals surface area contributed by atoms with Crippen LogP contribution in [0.4, 0.5) is 15.3 Å². The van der Waals surface area contributed by atoms with Crippen molar-refractivity contribution in [3.63, 3.8) is 0 Å². The number of carbonyl (C=O) groups excluding carboxylic acids is 3. The number of anilines is 1. The molecule has 3 N–H and O–H groups in total. The number of hydrogen-bond acceptors (Lipinski definition) is 7. The van der Waals surface area contributed by atoms with Gasteiger partial charge in [-0.2, -0.15) is 0 Å². The van der Waals surface area contributed by atoms with E-state index in [0.29, 0.717) is 39.3 Å². The SMILES string of the molecule is O=C(NO)[C@H]1CC(OC(=O)N2CCCC2)CN(C(=O)O)[C@@H]1C(=O)N1CCN(c2ccccc2)CC1. The minimum atomic E-state index is -1.40. The highest BCUT2D eigenvalue weighted by molar-refractivity contribution is 5.92. The number of likely N-dealkylation sites (tertiary alicyclic amines) is 2. The van der Waals surface area contributed by atoms with E-state index in [1.54, 1.807) is 10.4 Å². The van der Waals surface area contributed by atoms with Gasteiger partial charge in [-0.15, -0.1) is 0 Å². The molecule has 4 rings (SSSR count). The standard InChI is InChI=1S/C23H31N5O7/c29-20(24-34)18-14-17(35-23(33)27-8-4-5-9-27)15-28(22(31)32)19(18)21(30)26-12-10-25(11-13-26)16-6-2-1-3-7-16/h1-3,6-7,17-19,34H,4-5,8-15H2,(H,24,29)(H,31,32)/t17?,18-,19-/m0/s1. The largest absolute Gasteiger partial charge is 0.465 e. The predicted molar refractivity (Wildman–Crippen MR) is 123 cm³/mol. The fourth-order valence-corrected chi connectivity index (χ4v) is 5.09. The topological polar surface area (TPSA) is 143 Å². The molecule has 4 amide bonds. The van der Waals surface area contributed by atoms with Gasteiger partial charge in [0.05, 0.1) is 12.5 Å². The average Bonchev–Trinajstić information content (AvgIpc) is 3.43. The van der Waals surface area contributed by atoms with Crippen molar-refractivity contribution in [1.82, 2.24) is 20.2 Å². The summed E-state index contributed by atoms with van der Waals surface area (Å²) in [5.74, 6) is -2.60. The van der Waals surface area contributed by atoms with Gasteiger partial charge in [-0.25, -0.2) is 15.1 Å². The molecule has 3 atom stereocenters. The van der Waals surface area contributed by atoms with Crippen LogP contribution in [0, 0.1) is 5.92 Å². The summed E-state index contributed by atoms with van der Waals surface area (Å²) in [5.41, 5.74) is 2.58. The lowest BCUT2D eigenvalue weighted by molar-refractivity contribution is -0.151. The maximum absolute atomic E-state index is 13.5. The molecule has 35 heavy (non-hydrogen) atoms. The highest BCUT2D eigenvalue weighted by Gasteiger charge is 2.49. The molecule has 12 nitrogen and oxygen atoms in total. The van der Waals surface area contributed by atoms with Gasteiger partial charge in [0.1, 0.15) is 12.1 Å². The number of nitrogens with zero attached hydrogens (tertiary/aromatic N) is 4. The fourth-order valence-electron chi connectivity index (χ4n) is 5.09. The van der Waals surface area contributed by atoms with Gasteiger partial charge in [-0.3, -0.25) is 19.7 Å². The zero-order chi connectivity index (χ0) is 24.9. The number of carboxylic acid groups (broad SMARTS) is 1. The third-order valence-corrected chi connectivity index (χ3v) is 6.92. The highest BCUT2D eigenvalue weighted by atomic mass is 16.6. The predicted octanol–water partition coefficient (Wildman–Crippen LogP) is 0.810. The van der Waals surface area contributed by atoms with Crippen molar-refractivity contribution in [2.24, 2.45) is 5.92 Å². The Morgan fingerprint density at radius 1 is 0.914 bits per heavy atom. The molecule has 3 aliphatic rings. The van der Waals surface area contributed by atoms with Gasteiger partial charge in [0.25, 0.3) is 0 Å². The fraction of sp³-hybridized carbons (Fsp3) is 0.565. The first kappa shape index (κ1) is 24.6. The molecule has 12 heteroatoms. The third-order valence-electron chi connectivity index (χ3n) is 6.92. The van der Waals surface area contributed by atoms with Gasteiger partial charge in [0, 0.05) is 51.4 Å². The van der Waals surface area contributed by atoms with Crippen molar-refractivity contribution in [2.45, 2.75) is 31.4 Å². The van der Waals surface area contributed by atoms with E-state index in [4.69, 9.17) is 4.74 Å².